The molecular formula is C17H25N3O2S. The lowest BCUT2D eigenvalue weighted by atomic mass is 10.1. The maximum absolute atomic E-state index is 11.9. The number of rotatable bonds is 8. The van der Waals surface area contributed by atoms with Gasteiger partial charge in [-0.15, -0.1) is 0 Å². The molecule has 0 fully saturated rings. The van der Waals surface area contributed by atoms with Crippen LogP contribution in [0.15, 0.2) is 5.03 Å². The summed E-state index contributed by atoms with van der Waals surface area (Å²) < 4.78 is 5.42. The molecule has 1 aromatic rings. The summed E-state index contributed by atoms with van der Waals surface area (Å²) >= 11 is 1.31. The number of nitriles is 1. The van der Waals surface area contributed by atoms with Gasteiger partial charge in [-0.05, 0) is 52.2 Å². The van der Waals surface area contributed by atoms with Crippen molar-refractivity contribution in [3.63, 3.8) is 0 Å². The van der Waals surface area contributed by atoms with Gasteiger partial charge in [-0.1, -0.05) is 11.8 Å². The summed E-state index contributed by atoms with van der Waals surface area (Å²) in [6, 6.07) is 2.19. The van der Waals surface area contributed by atoms with Crippen molar-refractivity contribution in [3.05, 3.63) is 22.4 Å². The predicted molar refractivity (Wildman–Crippen MR) is 92.6 cm³/mol. The van der Waals surface area contributed by atoms with Gasteiger partial charge in [-0.3, -0.25) is 4.79 Å². The lowest BCUT2D eigenvalue weighted by Gasteiger charge is -2.11. The van der Waals surface area contributed by atoms with E-state index in [0.717, 1.165) is 23.2 Å². The quantitative estimate of drug-likeness (QED) is 0.584. The smallest absolute Gasteiger partial charge is 0.230 e. The topological polar surface area (TPSA) is 75.0 Å². The number of amides is 1. The first-order valence-corrected chi connectivity index (χ1v) is 8.74. The number of carbonyl (C=O) groups is 1. The summed E-state index contributed by atoms with van der Waals surface area (Å²) in [5.74, 6) is 0.204. The fourth-order valence-corrected chi connectivity index (χ4v) is 2.87. The van der Waals surface area contributed by atoms with E-state index in [1.165, 1.54) is 11.8 Å². The number of hydrogen-bond donors (Lipinski definition) is 1. The van der Waals surface area contributed by atoms with Crippen molar-refractivity contribution in [2.75, 3.05) is 18.9 Å². The Morgan fingerprint density at radius 3 is 2.65 bits per heavy atom. The van der Waals surface area contributed by atoms with Crippen molar-refractivity contribution in [2.45, 2.75) is 52.2 Å². The normalized spacial score (nSPS) is 10.7. The zero-order chi connectivity index (χ0) is 17.4. The second kappa shape index (κ2) is 9.53. The molecule has 0 radical (unpaired) electrons. The third-order valence-electron chi connectivity index (χ3n) is 3.51. The van der Waals surface area contributed by atoms with E-state index in [4.69, 9.17) is 4.74 Å². The second-order valence-corrected chi connectivity index (χ2v) is 6.61. The molecule has 126 valence electrons. The van der Waals surface area contributed by atoms with Gasteiger partial charge in [0.25, 0.3) is 0 Å². The molecule has 0 aliphatic heterocycles. The lowest BCUT2D eigenvalue weighted by Crippen LogP contribution is -2.27. The summed E-state index contributed by atoms with van der Waals surface area (Å²) in [6.07, 6.45) is 1.00. The fourth-order valence-electron chi connectivity index (χ4n) is 1.95. The number of aryl methyl sites for hydroxylation is 1. The highest BCUT2D eigenvalue weighted by molar-refractivity contribution is 8.00. The third-order valence-corrected chi connectivity index (χ3v) is 4.48. The number of nitrogens with one attached hydrogen (secondary N) is 1. The number of pyridine rings is 1. The van der Waals surface area contributed by atoms with Crippen molar-refractivity contribution in [1.29, 1.82) is 5.26 Å². The van der Waals surface area contributed by atoms with Gasteiger partial charge >= 0.3 is 0 Å². The molecule has 0 aromatic carbocycles. The van der Waals surface area contributed by atoms with Crippen molar-refractivity contribution in [3.8, 4) is 6.07 Å². The van der Waals surface area contributed by atoms with E-state index in [-0.39, 0.29) is 17.8 Å². The second-order valence-electron chi connectivity index (χ2n) is 5.65. The maximum Gasteiger partial charge on any atom is 0.230 e. The number of hydrogen-bond acceptors (Lipinski definition) is 5. The van der Waals surface area contributed by atoms with E-state index in [1.807, 2.05) is 34.6 Å². The zero-order valence-corrected chi connectivity index (χ0v) is 15.3. The molecule has 0 saturated carbocycles. The van der Waals surface area contributed by atoms with Crippen LogP contribution >= 0.6 is 11.8 Å². The van der Waals surface area contributed by atoms with Crippen LogP contribution in [0.5, 0.6) is 0 Å². The van der Waals surface area contributed by atoms with Crippen LogP contribution in [0.2, 0.25) is 0 Å². The molecule has 5 nitrogen and oxygen atoms in total. The van der Waals surface area contributed by atoms with Crippen LogP contribution in [-0.2, 0) is 9.53 Å². The Balaban J connectivity index is 2.49. The summed E-state index contributed by atoms with van der Waals surface area (Å²) in [6.45, 7) is 11.0. The van der Waals surface area contributed by atoms with Crippen molar-refractivity contribution in [1.82, 2.24) is 10.3 Å². The highest BCUT2D eigenvalue weighted by Gasteiger charge is 2.14. The largest absolute Gasteiger partial charge is 0.379 e. The van der Waals surface area contributed by atoms with E-state index >= 15 is 0 Å². The number of thioether (sulfide) groups is 1. The molecule has 1 rings (SSSR count). The van der Waals surface area contributed by atoms with Gasteiger partial charge < -0.3 is 10.1 Å². The molecule has 1 N–H and O–H groups in total. The third kappa shape index (κ3) is 6.20. The number of aromatic nitrogens is 1. The van der Waals surface area contributed by atoms with Crippen LogP contribution in [0.4, 0.5) is 0 Å². The number of nitrogens with zero attached hydrogens (tertiary/aromatic N) is 2. The Hall–Kier alpha value is -1.58. The highest BCUT2D eigenvalue weighted by atomic mass is 32.2. The van der Waals surface area contributed by atoms with Crippen LogP contribution in [0.1, 0.15) is 42.7 Å². The fraction of sp³-hybridized carbons (Fsp3) is 0.588. The Bertz CT molecular complexity index is 594. The summed E-state index contributed by atoms with van der Waals surface area (Å²) in [4.78, 5) is 16.3. The Morgan fingerprint density at radius 2 is 2.04 bits per heavy atom. The van der Waals surface area contributed by atoms with Gasteiger partial charge in [0, 0.05) is 18.8 Å². The Kier molecular flexibility index (Phi) is 8.07. The van der Waals surface area contributed by atoms with Crippen molar-refractivity contribution >= 4 is 17.7 Å². The van der Waals surface area contributed by atoms with Crippen LogP contribution in [0.25, 0.3) is 0 Å². The molecule has 0 saturated heterocycles. The Labute approximate surface area is 142 Å². The first-order valence-electron chi connectivity index (χ1n) is 7.75. The molecule has 6 heteroatoms. The molecule has 0 spiro atoms. The molecule has 1 heterocycles. The monoisotopic (exact) mass is 335 g/mol. The zero-order valence-electron chi connectivity index (χ0n) is 14.5. The van der Waals surface area contributed by atoms with Crippen molar-refractivity contribution in [2.24, 2.45) is 0 Å². The summed E-state index contributed by atoms with van der Waals surface area (Å²) in [7, 11) is 0. The summed E-state index contributed by atoms with van der Waals surface area (Å²) in [5.41, 5.74) is 3.43. The minimum absolute atomic E-state index is 0.0545. The molecule has 1 amide bonds. The minimum Gasteiger partial charge on any atom is -0.379 e. The molecular weight excluding hydrogens is 310 g/mol. The number of carbonyl (C=O) groups excluding carboxylic acids is 1. The van der Waals surface area contributed by atoms with Crippen LogP contribution < -0.4 is 5.32 Å². The first kappa shape index (κ1) is 19.5. The van der Waals surface area contributed by atoms with E-state index in [9.17, 15) is 10.1 Å². The van der Waals surface area contributed by atoms with Crippen molar-refractivity contribution < 1.29 is 9.53 Å². The lowest BCUT2D eigenvalue weighted by molar-refractivity contribution is -0.118. The molecule has 0 aliphatic rings. The molecule has 0 bridgehead atoms. The molecule has 1 aromatic heterocycles. The molecule has 23 heavy (non-hydrogen) atoms. The van der Waals surface area contributed by atoms with Gasteiger partial charge in [0.1, 0.15) is 11.1 Å². The van der Waals surface area contributed by atoms with Crippen LogP contribution in [0.3, 0.4) is 0 Å². The molecule has 0 aliphatic carbocycles. The van der Waals surface area contributed by atoms with Gasteiger partial charge in [-0.2, -0.15) is 5.26 Å². The maximum atomic E-state index is 11.9. The summed E-state index contributed by atoms with van der Waals surface area (Å²) in [5, 5.41) is 12.8. The van der Waals surface area contributed by atoms with E-state index in [2.05, 4.69) is 16.4 Å². The predicted octanol–water partition coefficient (Wildman–Crippen LogP) is 2.90. The van der Waals surface area contributed by atoms with Gasteiger partial charge in [0.15, 0.2) is 0 Å². The molecule has 0 unspecified atom stereocenters. The van der Waals surface area contributed by atoms with Gasteiger partial charge in [0.05, 0.1) is 17.4 Å². The Morgan fingerprint density at radius 1 is 1.35 bits per heavy atom. The van der Waals surface area contributed by atoms with Crippen LogP contribution in [0, 0.1) is 32.1 Å². The van der Waals surface area contributed by atoms with E-state index in [1.54, 1.807) is 0 Å². The average molecular weight is 335 g/mol. The van der Waals surface area contributed by atoms with E-state index < -0.39 is 0 Å². The van der Waals surface area contributed by atoms with Crippen LogP contribution in [-0.4, -0.2) is 35.9 Å². The highest BCUT2D eigenvalue weighted by Crippen LogP contribution is 2.26. The molecule has 0 atom stereocenters. The van der Waals surface area contributed by atoms with Gasteiger partial charge in [-0.25, -0.2) is 4.98 Å². The number of ether oxygens (including phenoxy) is 1. The first-order chi connectivity index (χ1) is 10.9. The average Bonchev–Trinajstić information content (AvgIpc) is 2.50. The van der Waals surface area contributed by atoms with E-state index in [0.29, 0.717) is 23.7 Å². The SMILES string of the molecule is Cc1nc(SCC(=O)NCCCOC(C)C)c(C#N)c(C)c1C. The van der Waals surface area contributed by atoms with Gasteiger partial charge in [0.2, 0.25) is 5.91 Å². The minimum atomic E-state index is -0.0545. The standard InChI is InChI=1S/C17H25N3O2S/c1-11(2)22-8-6-7-19-16(21)10-23-17-15(9-18)13(4)12(3)14(5)20-17/h11H,6-8,10H2,1-5H3,(H,19,21).